The number of unbranched alkanes of at least 4 members (excludes halogenated alkanes) is 4. The zero-order valence-corrected chi connectivity index (χ0v) is 13.8. The monoisotopic (exact) mass is 330 g/mol. The van der Waals surface area contributed by atoms with E-state index in [1.165, 1.54) is 25.0 Å². The molecule has 0 unspecified atom stereocenters. The van der Waals surface area contributed by atoms with Crippen LogP contribution in [0.1, 0.15) is 49.5 Å². The van der Waals surface area contributed by atoms with Gasteiger partial charge in [-0.25, -0.2) is 4.79 Å². The Kier molecular flexibility index (Phi) is 6.12. The summed E-state index contributed by atoms with van der Waals surface area (Å²) in [6, 6.07) is 7.76. The molecule has 6 heteroatoms. The van der Waals surface area contributed by atoms with Crippen LogP contribution in [-0.4, -0.2) is 20.6 Å². The maximum absolute atomic E-state index is 11.4. The second kappa shape index (κ2) is 8.29. The fourth-order valence-corrected chi connectivity index (χ4v) is 2.69. The smallest absolute Gasteiger partial charge is 0.352 e. The van der Waals surface area contributed by atoms with Crippen molar-refractivity contribution >= 4 is 11.7 Å². The molecule has 1 N–H and O–H groups in total. The van der Waals surface area contributed by atoms with Crippen molar-refractivity contribution in [2.75, 3.05) is 0 Å². The van der Waals surface area contributed by atoms with Crippen molar-refractivity contribution in [2.45, 2.75) is 45.6 Å². The number of benzene rings is 1. The number of nitrogens with zero attached hydrogens (tertiary/aromatic N) is 2. The topological polar surface area (TPSA) is 85.4 Å². The first-order valence-corrected chi connectivity index (χ1v) is 8.21. The molecule has 0 amide bonds. The van der Waals surface area contributed by atoms with Gasteiger partial charge in [0.25, 0.3) is 5.69 Å². The molecule has 0 fully saturated rings. The van der Waals surface area contributed by atoms with Crippen LogP contribution in [0.3, 0.4) is 0 Å². The molecule has 1 aromatic heterocycles. The Morgan fingerprint density at radius 2 is 1.79 bits per heavy atom. The van der Waals surface area contributed by atoms with Gasteiger partial charge in [0.2, 0.25) is 0 Å². The third-order valence-corrected chi connectivity index (χ3v) is 4.03. The highest BCUT2D eigenvalue weighted by Gasteiger charge is 2.14. The van der Waals surface area contributed by atoms with Gasteiger partial charge in [-0.05, 0) is 30.2 Å². The van der Waals surface area contributed by atoms with E-state index in [0.717, 1.165) is 30.4 Å². The van der Waals surface area contributed by atoms with Gasteiger partial charge >= 0.3 is 5.97 Å². The number of hydrogen-bond acceptors (Lipinski definition) is 3. The summed E-state index contributed by atoms with van der Waals surface area (Å²) in [7, 11) is 0. The molecule has 1 aromatic carbocycles. The van der Waals surface area contributed by atoms with Gasteiger partial charge in [0, 0.05) is 30.4 Å². The minimum atomic E-state index is -0.961. The summed E-state index contributed by atoms with van der Waals surface area (Å²) in [4.78, 5) is 21.7. The summed E-state index contributed by atoms with van der Waals surface area (Å²) >= 11 is 0. The van der Waals surface area contributed by atoms with Crippen LogP contribution in [0.15, 0.2) is 36.5 Å². The average molecular weight is 330 g/mol. The van der Waals surface area contributed by atoms with E-state index in [0.29, 0.717) is 6.54 Å². The summed E-state index contributed by atoms with van der Waals surface area (Å²) in [6.07, 6.45) is 7.37. The van der Waals surface area contributed by atoms with Gasteiger partial charge in [0.05, 0.1) is 4.92 Å². The van der Waals surface area contributed by atoms with E-state index in [1.807, 2.05) is 6.20 Å². The lowest BCUT2D eigenvalue weighted by Crippen LogP contribution is -2.07. The van der Waals surface area contributed by atoms with Gasteiger partial charge in [0.15, 0.2) is 0 Å². The van der Waals surface area contributed by atoms with Crippen LogP contribution in [-0.2, 0) is 6.54 Å². The van der Waals surface area contributed by atoms with Crippen molar-refractivity contribution in [3.63, 3.8) is 0 Å². The maximum Gasteiger partial charge on any atom is 0.352 e. The largest absolute Gasteiger partial charge is 0.477 e. The first-order valence-electron chi connectivity index (χ1n) is 8.21. The van der Waals surface area contributed by atoms with Gasteiger partial charge in [-0.3, -0.25) is 10.1 Å². The standard InChI is InChI=1S/C18H22N2O4/c1-2-3-4-5-6-11-19-13-15(12-17(19)18(21)22)14-7-9-16(10-8-14)20(23)24/h7-10,12-13H,2-6,11H2,1H3,(H,21,22). The number of nitro benzene ring substituents is 1. The van der Waals surface area contributed by atoms with Crippen molar-refractivity contribution in [1.29, 1.82) is 0 Å². The quantitative estimate of drug-likeness (QED) is 0.409. The normalized spacial score (nSPS) is 10.7. The van der Waals surface area contributed by atoms with Crippen molar-refractivity contribution < 1.29 is 14.8 Å². The van der Waals surface area contributed by atoms with Gasteiger partial charge in [0.1, 0.15) is 5.69 Å². The van der Waals surface area contributed by atoms with Gasteiger partial charge in [-0.2, -0.15) is 0 Å². The molecule has 0 aliphatic heterocycles. The van der Waals surface area contributed by atoms with Gasteiger partial charge in [-0.15, -0.1) is 0 Å². The number of carboxylic acids is 1. The second-order valence-electron chi connectivity index (χ2n) is 5.83. The van der Waals surface area contributed by atoms with Crippen LogP contribution < -0.4 is 0 Å². The van der Waals surface area contributed by atoms with Crippen LogP contribution in [0.2, 0.25) is 0 Å². The number of nitro groups is 1. The lowest BCUT2D eigenvalue weighted by atomic mass is 10.1. The first kappa shape index (κ1) is 17.7. The number of aryl methyl sites for hydroxylation is 1. The fourth-order valence-electron chi connectivity index (χ4n) is 2.69. The molecule has 0 aliphatic carbocycles. The van der Waals surface area contributed by atoms with E-state index >= 15 is 0 Å². The fraction of sp³-hybridized carbons (Fsp3) is 0.389. The number of hydrogen-bond donors (Lipinski definition) is 1. The lowest BCUT2D eigenvalue weighted by Gasteiger charge is -2.05. The van der Waals surface area contributed by atoms with Crippen LogP contribution >= 0.6 is 0 Å². The summed E-state index contributed by atoms with van der Waals surface area (Å²) in [5.41, 5.74) is 1.80. The predicted molar refractivity (Wildman–Crippen MR) is 92.2 cm³/mol. The summed E-state index contributed by atoms with van der Waals surface area (Å²) < 4.78 is 1.75. The molecule has 6 nitrogen and oxygen atoms in total. The summed E-state index contributed by atoms with van der Waals surface area (Å²) in [6.45, 7) is 2.82. The highest BCUT2D eigenvalue weighted by atomic mass is 16.6. The molecule has 0 spiro atoms. The highest BCUT2D eigenvalue weighted by molar-refractivity contribution is 5.88. The number of carbonyl (C=O) groups is 1. The molecule has 0 bridgehead atoms. The second-order valence-corrected chi connectivity index (χ2v) is 5.83. The van der Waals surface area contributed by atoms with Crippen LogP contribution in [0.5, 0.6) is 0 Å². The van der Waals surface area contributed by atoms with Crippen LogP contribution in [0.4, 0.5) is 5.69 Å². The molecule has 0 radical (unpaired) electrons. The molecule has 24 heavy (non-hydrogen) atoms. The first-order chi connectivity index (χ1) is 11.5. The Hall–Kier alpha value is -2.63. The summed E-state index contributed by atoms with van der Waals surface area (Å²) in [5, 5.41) is 20.1. The minimum Gasteiger partial charge on any atom is -0.477 e. The highest BCUT2D eigenvalue weighted by Crippen LogP contribution is 2.25. The number of aromatic nitrogens is 1. The minimum absolute atomic E-state index is 0.0209. The molecule has 2 rings (SSSR count). The van der Waals surface area contributed by atoms with Crippen LogP contribution in [0.25, 0.3) is 11.1 Å². The lowest BCUT2D eigenvalue weighted by molar-refractivity contribution is -0.384. The molecule has 0 saturated carbocycles. The number of non-ortho nitro benzene ring substituents is 1. The zero-order chi connectivity index (χ0) is 17.5. The van der Waals surface area contributed by atoms with E-state index in [9.17, 15) is 20.0 Å². The van der Waals surface area contributed by atoms with Crippen molar-refractivity contribution in [3.05, 3.63) is 52.3 Å². The Balaban J connectivity index is 2.15. The Bertz CT molecular complexity index is 704. The number of carboxylic acid groups (broad SMARTS) is 1. The maximum atomic E-state index is 11.4. The molecular formula is C18H22N2O4. The van der Waals surface area contributed by atoms with E-state index in [2.05, 4.69) is 6.92 Å². The van der Waals surface area contributed by atoms with Crippen LogP contribution in [0, 0.1) is 10.1 Å². The molecule has 128 valence electrons. The third kappa shape index (κ3) is 4.44. The van der Waals surface area contributed by atoms with E-state index in [1.54, 1.807) is 22.8 Å². The molecular weight excluding hydrogens is 308 g/mol. The Morgan fingerprint density at radius 1 is 1.12 bits per heavy atom. The molecule has 1 heterocycles. The SMILES string of the molecule is CCCCCCCn1cc(-c2ccc([N+](=O)[O-])cc2)cc1C(=O)O. The number of rotatable bonds is 9. The predicted octanol–water partition coefficient (Wildman–Crippen LogP) is 4.73. The molecule has 2 aromatic rings. The van der Waals surface area contributed by atoms with Gasteiger partial charge < -0.3 is 9.67 Å². The Morgan fingerprint density at radius 3 is 2.38 bits per heavy atom. The van der Waals surface area contributed by atoms with Crippen molar-refractivity contribution in [1.82, 2.24) is 4.57 Å². The molecule has 0 atom stereocenters. The molecule has 0 aliphatic rings. The van der Waals surface area contributed by atoms with Crippen molar-refractivity contribution in [3.8, 4) is 11.1 Å². The zero-order valence-electron chi connectivity index (χ0n) is 13.8. The Labute approximate surface area is 140 Å². The number of aromatic carboxylic acids is 1. The van der Waals surface area contributed by atoms with E-state index in [4.69, 9.17) is 0 Å². The van der Waals surface area contributed by atoms with Gasteiger partial charge in [-0.1, -0.05) is 32.6 Å². The summed E-state index contributed by atoms with van der Waals surface area (Å²) in [5.74, 6) is -0.961. The van der Waals surface area contributed by atoms with Crippen molar-refractivity contribution in [2.24, 2.45) is 0 Å². The third-order valence-electron chi connectivity index (χ3n) is 4.03. The molecule has 0 saturated heterocycles. The average Bonchev–Trinajstić information content (AvgIpc) is 2.99. The van der Waals surface area contributed by atoms with E-state index in [-0.39, 0.29) is 11.4 Å². The van der Waals surface area contributed by atoms with E-state index < -0.39 is 10.9 Å².